The lowest BCUT2D eigenvalue weighted by atomic mass is 9.80. The van der Waals surface area contributed by atoms with E-state index >= 15 is 0 Å². The maximum Gasteiger partial charge on any atom is 0.328 e. The predicted octanol–water partition coefficient (Wildman–Crippen LogP) is 7.42. The minimum atomic E-state index is -1.04. The van der Waals surface area contributed by atoms with E-state index in [0.717, 1.165) is 45.9 Å². The fourth-order valence-electron chi connectivity index (χ4n) is 6.01. The van der Waals surface area contributed by atoms with Gasteiger partial charge in [0.2, 0.25) is 11.8 Å². The zero-order chi connectivity index (χ0) is 33.6. The Labute approximate surface area is 282 Å². The highest BCUT2D eigenvalue weighted by Gasteiger charge is 2.39. The Morgan fingerprint density at radius 3 is 1.65 bits per heavy atom. The van der Waals surface area contributed by atoms with Crippen LogP contribution in [0, 0.1) is 0 Å². The van der Waals surface area contributed by atoms with Crippen molar-refractivity contribution >= 4 is 28.6 Å². The van der Waals surface area contributed by atoms with Crippen LogP contribution in [0.1, 0.15) is 60.8 Å². The van der Waals surface area contributed by atoms with Crippen LogP contribution in [0.2, 0.25) is 0 Å². The minimum absolute atomic E-state index is 0.198. The lowest BCUT2D eigenvalue weighted by Gasteiger charge is -2.35. The van der Waals surface area contributed by atoms with E-state index in [4.69, 9.17) is 9.57 Å². The molecule has 7 nitrogen and oxygen atoms in total. The summed E-state index contributed by atoms with van der Waals surface area (Å²) >= 11 is 0. The van der Waals surface area contributed by atoms with Crippen molar-refractivity contribution in [3.8, 4) is 0 Å². The summed E-state index contributed by atoms with van der Waals surface area (Å²) in [5.41, 5.74) is 5.34. The first-order chi connectivity index (χ1) is 23.5. The lowest BCUT2D eigenvalue weighted by Crippen LogP contribution is -2.43. The standard InChI is InChI=1S/C41H42N2O5/c1-47-40(46)37(30-31-27-28-32-17-15-16-18-33(32)29-31)42-38(44)25-13-2-3-14-26-39(45)43-48-41(34-19-7-4-8-20-34,35-21-9-5-10-22-35)36-23-11-6-12-24-36/h4-12,15-24,27-29,37H,2-3,13-14,25-26,30H2,1H3,(H,42,44)(H,43,45)/t37-/m0/s1. The van der Waals surface area contributed by atoms with E-state index in [1.165, 1.54) is 7.11 Å². The molecular formula is C41H42N2O5. The van der Waals surface area contributed by atoms with E-state index in [-0.39, 0.29) is 24.7 Å². The van der Waals surface area contributed by atoms with E-state index in [1.807, 2.05) is 133 Å². The molecule has 2 N–H and O–H groups in total. The summed E-state index contributed by atoms with van der Waals surface area (Å²) < 4.78 is 4.97. The van der Waals surface area contributed by atoms with E-state index in [2.05, 4.69) is 10.8 Å². The second-order valence-electron chi connectivity index (χ2n) is 11.8. The van der Waals surface area contributed by atoms with Gasteiger partial charge in [-0.05, 0) is 45.9 Å². The van der Waals surface area contributed by atoms with Crippen molar-refractivity contribution in [1.29, 1.82) is 0 Å². The maximum absolute atomic E-state index is 13.0. The van der Waals surface area contributed by atoms with Gasteiger partial charge in [0.05, 0.1) is 7.11 Å². The molecule has 48 heavy (non-hydrogen) atoms. The quantitative estimate of drug-likeness (QED) is 0.0506. The van der Waals surface area contributed by atoms with E-state index < -0.39 is 17.6 Å². The van der Waals surface area contributed by atoms with Crippen LogP contribution in [-0.4, -0.2) is 30.9 Å². The normalized spacial score (nSPS) is 11.9. The van der Waals surface area contributed by atoms with Gasteiger partial charge in [-0.2, -0.15) is 0 Å². The van der Waals surface area contributed by atoms with Gasteiger partial charge < -0.3 is 10.1 Å². The molecule has 0 aliphatic carbocycles. The highest BCUT2D eigenvalue weighted by molar-refractivity contribution is 5.86. The van der Waals surface area contributed by atoms with Crippen molar-refractivity contribution in [1.82, 2.24) is 10.8 Å². The number of nitrogens with one attached hydrogen (secondary N) is 2. The Hall–Kier alpha value is -5.27. The van der Waals surface area contributed by atoms with Crippen molar-refractivity contribution in [2.45, 2.75) is 56.6 Å². The third kappa shape index (κ3) is 8.75. The number of esters is 1. The molecule has 0 aliphatic heterocycles. The van der Waals surface area contributed by atoms with Gasteiger partial charge in [0.1, 0.15) is 6.04 Å². The number of carbonyl (C=O) groups is 3. The van der Waals surface area contributed by atoms with Crippen molar-refractivity contribution in [2.24, 2.45) is 0 Å². The highest BCUT2D eigenvalue weighted by Crippen LogP contribution is 2.39. The molecular weight excluding hydrogens is 600 g/mol. The van der Waals surface area contributed by atoms with Crippen molar-refractivity contribution in [3.05, 3.63) is 156 Å². The number of hydroxylamine groups is 1. The zero-order valence-corrected chi connectivity index (χ0v) is 27.3. The number of hydrogen-bond donors (Lipinski definition) is 2. The molecule has 0 bridgehead atoms. The monoisotopic (exact) mass is 642 g/mol. The molecule has 2 amide bonds. The van der Waals surface area contributed by atoms with Gasteiger partial charge in [0, 0.05) is 19.3 Å². The number of rotatable bonds is 16. The molecule has 0 unspecified atom stereocenters. The Morgan fingerprint density at radius 2 is 1.10 bits per heavy atom. The number of fused-ring (bicyclic) bond motifs is 1. The third-order valence-electron chi connectivity index (χ3n) is 8.49. The van der Waals surface area contributed by atoms with Crippen LogP contribution in [0.4, 0.5) is 0 Å². The summed E-state index contributed by atoms with van der Waals surface area (Å²) in [5, 5.41) is 5.04. The number of hydrogen-bond acceptors (Lipinski definition) is 5. The zero-order valence-electron chi connectivity index (χ0n) is 27.3. The van der Waals surface area contributed by atoms with Crippen LogP contribution in [0.25, 0.3) is 10.8 Å². The molecule has 5 aromatic rings. The van der Waals surface area contributed by atoms with Gasteiger partial charge in [-0.1, -0.05) is 146 Å². The van der Waals surface area contributed by atoms with Gasteiger partial charge in [-0.3, -0.25) is 14.4 Å². The van der Waals surface area contributed by atoms with Gasteiger partial charge >= 0.3 is 5.97 Å². The SMILES string of the molecule is COC(=O)[C@H](Cc1ccc2ccccc2c1)NC(=O)CCCCCCC(=O)NOC(c1ccccc1)(c1ccccc1)c1ccccc1. The van der Waals surface area contributed by atoms with Crippen LogP contribution in [0.3, 0.4) is 0 Å². The number of carbonyl (C=O) groups excluding carboxylic acids is 3. The maximum atomic E-state index is 13.0. The first kappa shape index (κ1) is 34.1. The van der Waals surface area contributed by atoms with Crippen LogP contribution < -0.4 is 10.8 Å². The fraction of sp³-hybridized carbons (Fsp3) is 0.244. The minimum Gasteiger partial charge on any atom is -0.467 e. The number of unbranched alkanes of at least 4 members (excludes halogenated alkanes) is 3. The molecule has 0 heterocycles. The van der Waals surface area contributed by atoms with Crippen LogP contribution in [0.5, 0.6) is 0 Å². The summed E-state index contributed by atoms with van der Waals surface area (Å²) in [6, 6.07) is 42.9. The molecule has 0 fully saturated rings. The molecule has 0 saturated heterocycles. The Morgan fingerprint density at radius 1 is 0.604 bits per heavy atom. The molecule has 5 rings (SSSR count). The van der Waals surface area contributed by atoms with Gasteiger partial charge in [-0.15, -0.1) is 0 Å². The first-order valence-electron chi connectivity index (χ1n) is 16.5. The summed E-state index contributed by atoms with van der Waals surface area (Å²) in [7, 11) is 1.33. The fourth-order valence-corrected chi connectivity index (χ4v) is 6.01. The number of benzene rings is 5. The van der Waals surface area contributed by atoms with Gasteiger partial charge in [-0.25, -0.2) is 10.3 Å². The summed E-state index contributed by atoms with van der Waals surface area (Å²) in [4.78, 5) is 44.6. The molecule has 0 radical (unpaired) electrons. The lowest BCUT2D eigenvalue weighted by molar-refractivity contribution is -0.145. The molecule has 246 valence electrons. The van der Waals surface area contributed by atoms with Crippen LogP contribution >= 0.6 is 0 Å². The molecule has 0 spiro atoms. The largest absolute Gasteiger partial charge is 0.467 e. The highest BCUT2D eigenvalue weighted by atomic mass is 16.7. The molecule has 0 aliphatic rings. The third-order valence-corrected chi connectivity index (χ3v) is 8.49. The summed E-state index contributed by atoms with van der Waals surface area (Å²) in [6.07, 6.45) is 3.77. The van der Waals surface area contributed by atoms with Crippen molar-refractivity contribution in [3.63, 3.8) is 0 Å². The second-order valence-corrected chi connectivity index (χ2v) is 11.8. The van der Waals surface area contributed by atoms with Gasteiger partial charge in [0.15, 0.2) is 5.60 Å². The van der Waals surface area contributed by atoms with Crippen molar-refractivity contribution < 1.29 is 24.0 Å². The smallest absolute Gasteiger partial charge is 0.328 e. The predicted molar refractivity (Wildman–Crippen MR) is 188 cm³/mol. The Kier molecular flexibility index (Phi) is 12.1. The second kappa shape index (κ2) is 17.0. The average Bonchev–Trinajstić information content (AvgIpc) is 3.14. The van der Waals surface area contributed by atoms with Crippen LogP contribution in [0.15, 0.2) is 133 Å². The summed E-state index contributed by atoms with van der Waals surface area (Å²) in [5.74, 6) is -0.883. The number of amides is 2. The Balaban J connectivity index is 1.10. The number of methoxy groups -OCH3 is 1. The molecule has 0 aromatic heterocycles. The topological polar surface area (TPSA) is 93.7 Å². The van der Waals surface area contributed by atoms with E-state index in [1.54, 1.807) is 0 Å². The summed E-state index contributed by atoms with van der Waals surface area (Å²) in [6.45, 7) is 0. The Bertz CT molecular complexity index is 1680. The number of ether oxygens (including phenoxy) is 1. The molecule has 7 heteroatoms. The molecule has 5 aromatic carbocycles. The average molecular weight is 643 g/mol. The molecule has 0 saturated carbocycles. The first-order valence-corrected chi connectivity index (χ1v) is 16.5. The van der Waals surface area contributed by atoms with Crippen molar-refractivity contribution in [2.75, 3.05) is 7.11 Å². The van der Waals surface area contributed by atoms with Crippen LogP contribution in [-0.2, 0) is 36.0 Å². The van der Waals surface area contributed by atoms with E-state index in [9.17, 15) is 14.4 Å². The van der Waals surface area contributed by atoms with Gasteiger partial charge in [0.25, 0.3) is 0 Å². The van der Waals surface area contributed by atoms with E-state index in [0.29, 0.717) is 19.3 Å². The molecule has 1 atom stereocenters.